The largest absolute Gasteiger partial charge is 0.392 e. The number of aliphatic hydroxyl groups is 1. The zero-order valence-electron chi connectivity index (χ0n) is 14.8. The highest BCUT2D eigenvalue weighted by molar-refractivity contribution is 5.28. The molecule has 0 aromatic carbocycles. The van der Waals surface area contributed by atoms with Crippen LogP contribution in [-0.2, 0) is 0 Å². The molecule has 0 fully saturated rings. The number of aliphatic hydroxyl groups excluding tert-OH is 1. The highest BCUT2D eigenvalue weighted by Gasteiger charge is 1.99. The molecule has 0 saturated heterocycles. The lowest BCUT2D eigenvalue weighted by Gasteiger charge is -2.02. The van der Waals surface area contributed by atoms with Gasteiger partial charge in [-0.05, 0) is 58.4 Å². The summed E-state index contributed by atoms with van der Waals surface area (Å²) in [6, 6.07) is 2.25. The molecule has 122 valence electrons. The third-order valence-corrected chi connectivity index (χ3v) is 3.61. The monoisotopic (exact) mass is 301 g/mol. The Bertz CT molecular complexity index is 484. The summed E-state index contributed by atoms with van der Waals surface area (Å²) in [5.41, 5.74) is 4.56. The molecule has 0 atom stereocenters. The van der Waals surface area contributed by atoms with Crippen LogP contribution in [0.15, 0.2) is 46.6 Å². The van der Waals surface area contributed by atoms with Crippen LogP contribution in [0.25, 0.3) is 0 Å². The second kappa shape index (κ2) is 12.0. The molecule has 1 N–H and O–H groups in total. The molecule has 0 unspecified atom stereocenters. The standard InChI is InChI=1S/C20H31NO/c1-16(2)20(14-21)13-12-18(4)10-6-8-17(3)9-7-11-19(5)15-22/h8,11-13,16,22H,6-7,9-10,15H2,1-5H3/b17-8+,18-12+,19-11+,20-13-. The molecule has 22 heavy (non-hydrogen) atoms. The summed E-state index contributed by atoms with van der Waals surface area (Å²) >= 11 is 0. The van der Waals surface area contributed by atoms with Crippen LogP contribution in [0.1, 0.15) is 60.3 Å². The lowest BCUT2D eigenvalue weighted by atomic mass is 10.0. The van der Waals surface area contributed by atoms with E-state index < -0.39 is 0 Å². The van der Waals surface area contributed by atoms with E-state index in [1.54, 1.807) is 0 Å². The summed E-state index contributed by atoms with van der Waals surface area (Å²) in [6.07, 6.45) is 12.5. The van der Waals surface area contributed by atoms with Crippen molar-refractivity contribution in [2.75, 3.05) is 6.61 Å². The minimum absolute atomic E-state index is 0.154. The van der Waals surface area contributed by atoms with E-state index in [1.807, 2.05) is 26.8 Å². The van der Waals surface area contributed by atoms with Gasteiger partial charge in [0, 0.05) is 5.57 Å². The van der Waals surface area contributed by atoms with Crippen LogP contribution in [0.5, 0.6) is 0 Å². The summed E-state index contributed by atoms with van der Waals surface area (Å²) in [5, 5.41) is 18.0. The van der Waals surface area contributed by atoms with E-state index in [0.717, 1.165) is 36.8 Å². The molecule has 0 aliphatic heterocycles. The Labute approximate surface area is 136 Å². The van der Waals surface area contributed by atoms with Gasteiger partial charge in [0.2, 0.25) is 0 Å². The Hall–Kier alpha value is -1.59. The molecule has 0 heterocycles. The Balaban J connectivity index is 4.28. The van der Waals surface area contributed by atoms with E-state index in [4.69, 9.17) is 10.4 Å². The third kappa shape index (κ3) is 10.2. The lowest BCUT2D eigenvalue weighted by molar-refractivity contribution is 0.331. The van der Waals surface area contributed by atoms with Gasteiger partial charge in [0.1, 0.15) is 0 Å². The fourth-order valence-electron chi connectivity index (χ4n) is 1.93. The summed E-state index contributed by atoms with van der Waals surface area (Å²) in [5.74, 6) is 0.284. The maximum absolute atomic E-state index is 9.02. The first-order chi connectivity index (χ1) is 10.4. The van der Waals surface area contributed by atoms with Crippen molar-refractivity contribution in [2.45, 2.75) is 60.3 Å². The average molecular weight is 301 g/mol. The number of nitriles is 1. The van der Waals surface area contributed by atoms with E-state index >= 15 is 0 Å². The fourth-order valence-corrected chi connectivity index (χ4v) is 1.93. The molecule has 0 bridgehead atoms. The Morgan fingerprint density at radius 3 is 2.00 bits per heavy atom. The van der Waals surface area contributed by atoms with E-state index in [-0.39, 0.29) is 12.5 Å². The topological polar surface area (TPSA) is 44.0 Å². The second-order valence-corrected chi connectivity index (χ2v) is 6.24. The highest BCUT2D eigenvalue weighted by Crippen LogP contribution is 2.13. The van der Waals surface area contributed by atoms with Gasteiger partial charge in [-0.3, -0.25) is 0 Å². The van der Waals surface area contributed by atoms with E-state index in [2.05, 4.69) is 38.1 Å². The molecule has 0 aromatic rings. The van der Waals surface area contributed by atoms with Gasteiger partial charge in [-0.15, -0.1) is 0 Å². The Morgan fingerprint density at radius 2 is 1.50 bits per heavy atom. The van der Waals surface area contributed by atoms with Gasteiger partial charge in [-0.25, -0.2) is 0 Å². The van der Waals surface area contributed by atoms with Crippen molar-refractivity contribution in [3.8, 4) is 6.07 Å². The molecule has 0 saturated carbocycles. The number of hydrogen-bond acceptors (Lipinski definition) is 2. The molecule has 0 rings (SSSR count). The van der Waals surface area contributed by atoms with Crippen LogP contribution in [0.3, 0.4) is 0 Å². The summed E-state index contributed by atoms with van der Waals surface area (Å²) in [7, 11) is 0. The first-order valence-electron chi connectivity index (χ1n) is 8.10. The predicted octanol–water partition coefficient (Wildman–Crippen LogP) is 5.48. The molecule has 0 aromatic heterocycles. The third-order valence-electron chi connectivity index (χ3n) is 3.61. The quantitative estimate of drug-likeness (QED) is 0.348. The summed E-state index contributed by atoms with van der Waals surface area (Å²) in [4.78, 5) is 0. The number of hydrogen-bond donors (Lipinski definition) is 1. The van der Waals surface area contributed by atoms with E-state index in [0.29, 0.717) is 0 Å². The van der Waals surface area contributed by atoms with Gasteiger partial charge in [0.25, 0.3) is 0 Å². The van der Waals surface area contributed by atoms with Gasteiger partial charge < -0.3 is 5.11 Å². The summed E-state index contributed by atoms with van der Waals surface area (Å²) < 4.78 is 0. The number of rotatable bonds is 9. The molecule has 2 nitrogen and oxygen atoms in total. The van der Waals surface area contributed by atoms with Crippen molar-refractivity contribution >= 4 is 0 Å². The van der Waals surface area contributed by atoms with Crippen LogP contribution in [-0.4, -0.2) is 11.7 Å². The minimum atomic E-state index is 0.154. The van der Waals surface area contributed by atoms with Crippen LogP contribution in [0.2, 0.25) is 0 Å². The van der Waals surface area contributed by atoms with Crippen molar-refractivity contribution in [3.63, 3.8) is 0 Å². The van der Waals surface area contributed by atoms with E-state index in [1.165, 1.54) is 11.1 Å². The molecule has 2 heteroatoms. The highest BCUT2D eigenvalue weighted by atomic mass is 16.3. The van der Waals surface area contributed by atoms with Crippen molar-refractivity contribution in [3.05, 3.63) is 46.6 Å². The molecular formula is C20H31NO. The maximum Gasteiger partial charge on any atom is 0.0949 e. The minimum Gasteiger partial charge on any atom is -0.392 e. The van der Waals surface area contributed by atoms with E-state index in [9.17, 15) is 0 Å². The zero-order chi connectivity index (χ0) is 17.0. The van der Waals surface area contributed by atoms with Gasteiger partial charge in [-0.2, -0.15) is 5.26 Å². The number of nitrogens with zero attached hydrogens (tertiary/aromatic N) is 1. The molecule has 0 radical (unpaired) electrons. The summed E-state index contributed by atoms with van der Waals surface area (Å²) in [6.45, 7) is 10.5. The predicted molar refractivity (Wildman–Crippen MR) is 95.4 cm³/mol. The van der Waals surface area contributed by atoms with Crippen molar-refractivity contribution < 1.29 is 5.11 Å². The second-order valence-electron chi connectivity index (χ2n) is 6.24. The normalized spacial score (nSPS) is 14.5. The van der Waals surface area contributed by atoms with Gasteiger partial charge in [-0.1, -0.05) is 48.8 Å². The smallest absolute Gasteiger partial charge is 0.0949 e. The molecule has 0 aliphatic rings. The van der Waals surface area contributed by atoms with Crippen LogP contribution < -0.4 is 0 Å². The van der Waals surface area contributed by atoms with Crippen LogP contribution in [0.4, 0.5) is 0 Å². The molecule has 0 amide bonds. The zero-order valence-corrected chi connectivity index (χ0v) is 14.8. The first kappa shape index (κ1) is 20.4. The van der Waals surface area contributed by atoms with Crippen LogP contribution in [0, 0.1) is 17.2 Å². The number of allylic oxidation sites excluding steroid dienone is 7. The fraction of sp³-hybridized carbons (Fsp3) is 0.550. The first-order valence-corrected chi connectivity index (χ1v) is 8.10. The van der Waals surface area contributed by atoms with Gasteiger partial charge >= 0.3 is 0 Å². The Morgan fingerprint density at radius 1 is 0.955 bits per heavy atom. The lowest BCUT2D eigenvalue weighted by Crippen LogP contribution is -1.89. The average Bonchev–Trinajstić information content (AvgIpc) is 2.47. The van der Waals surface area contributed by atoms with Crippen LogP contribution >= 0.6 is 0 Å². The molecule has 0 spiro atoms. The van der Waals surface area contributed by atoms with Crippen molar-refractivity contribution in [2.24, 2.45) is 5.92 Å². The SMILES string of the molecule is C/C(=C\CC/C(C)=C/CC/C(C)=C/C=C(/C#N)C(C)C)CO. The Kier molecular flexibility index (Phi) is 11.1. The maximum atomic E-state index is 9.02. The van der Waals surface area contributed by atoms with Crippen molar-refractivity contribution in [1.29, 1.82) is 5.26 Å². The molecule has 0 aliphatic carbocycles. The van der Waals surface area contributed by atoms with Gasteiger partial charge in [0.05, 0.1) is 12.7 Å². The van der Waals surface area contributed by atoms with Gasteiger partial charge in [0.15, 0.2) is 0 Å². The molecular weight excluding hydrogens is 270 g/mol. The van der Waals surface area contributed by atoms with Crippen molar-refractivity contribution in [1.82, 2.24) is 0 Å².